The molecular weight excluding hydrogens is 220 g/mol. The van der Waals surface area contributed by atoms with Crippen molar-refractivity contribution < 1.29 is 14.6 Å². The summed E-state index contributed by atoms with van der Waals surface area (Å²) in [5, 5.41) is 9.09. The fourth-order valence-corrected chi connectivity index (χ4v) is 1.39. The van der Waals surface area contributed by atoms with Crippen molar-refractivity contribution in [3.05, 3.63) is 0 Å². The Kier molecular flexibility index (Phi) is 5.42. The van der Waals surface area contributed by atoms with E-state index in [2.05, 4.69) is 0 Å². The fraction of sp³-hybridized carbons (Fsp3) is 0.917. The third-order valence-electron chi connectivity index (χ3n) is 2.47. The summed E-state index contributed by atoms with van der Waals surface area (Å²) < 4.78 is 5.25. The second-order valence-corrected chi connectivity index (χ2v) is 5.96. The first-order chi connectivity index (χ1) is 7.48. The predicted molar refractivity (Wildman–Crippen MR) is 67.8 cm³/mol. The quantitative estimate of drug-likeness (QED) is 0.785. The van der Waals surface area contributed by atoms with Gasteiger partial charge in [0.25, 0.3) is 0 Å². The molecule has 0 aliphatic carbocycles. The highest BCUT2D eigenvalue weighted by molar-refractivity contribution is 5.68. The van der Waals surface area contributed by atoms with Crippen molar-refractivity contribution in [3.8, 4) is 0 Å². The summed E-state index contributed by atoms with van der Waals surface area (Å²) in [5.74, 6) is 0. The van der Waals surface area contributed by atoms with Gasteiger partial charge in [-0.1, -0.05) is 0 Å². The van der Waals surface area contributed by atoms with Crippen LogP contribution in [0, 0.1) is 0 Å². The summed E-state index contributed by atoms with van der Waals surface area (Å²) in [6, 6.07) is -0.0907. The van der Waals surface area contributed by atoms with E-state index < -0.39 is 11.1 Å². The molecule has 1 amide bonds. The molecular formula is C12H26N2O3. The monoisotopic (exact) mass is 246 g/mol. The third-order valence-corrected chi connectivity index (χ3v) is 2.47. The van der Waals surface area contributed by atoms with Crippen LogP contribution in [-0.2, 0) is 4.74 Å². The maximum atomic E-state index is 11.8. The van der Waals surface area contributed by atoms with Crippen molar-refractivity contribution in [2.75, 3.05) is 13.7 Å². The van der Waals surface area contributed by atoms with Crippen molar-refractivity contribution in [2.45, 2.75) is 58.2 Å². The van der Waals surface area contributed by atoms with E-state index in [0.717, 1.165) is 0 Å². The number of hydrogen-bond donors (Lipinski definition) is 2. The minimum absolute atomic E-state index is 0.0907. The molecule has 0 rings (SSSR count). The van der Waals surface area contributed by atoms with Crippen LogP contribution in [0.4, 0.5) is 4.79 Å². The first-order valence-electron chi connectivity index (χ1n) is 5.84. The molecule has 2 unspecified atom stereocenters. The lowest BCUT2D eigenvalue weighted by molar-refractivity contribution is 0.0203. The van der Waals surface area contributed by atoms with Gasteiger partial charge in [0.05, 0.1) is 6.61 Å². The lowest BCUT2D eigenvalue weighted by atomic mass is 9.95. The Bertz CT molecular complexity index is 259. The van der Waals surface area contributed by atoms with E-state index >= 15 is 0 Å². The van der Waals surface area contributed by atoms with Crippen LogP contribution in [0.25, 0.3) is 0 Å². The minimum atomic E-state index is -0.685. The molecule has 0 saturated heterocycles. The van der Waals surface area contributed by atoms with Gasteiger partial charge in [0.1, 0.15) is 5.60 Å². The lowest BCUT2D eigenvalue weighted by Crippen LogP contribution is -2.48. The molecule has 3 N–H and O–H groups in total. The number of nitrogens with two attached hydrogens (primary N) is 1. The molecule has 5 heteroatoms. The van der Waals surface area contributed by atoms with Crippen LogP contribution in [0.15, 0.2) is 0 Å². The molecule has 0 fully saturated rings. The van der Waals surface area contributed by atoms with Crippen LogP contribution >= 0.6 is 0 Å². The predicted octanol–water partition coefficient (Wildman–Crippen LogP) is 1.34. The number of rotatable bonds is 4. The van der Waals surface area contributed by atoms with Gasteiger partial charge >= 0.3 is 6.09 Å². The molecule has 17 heavy (non-hydrogen) atoms. The Labute approximate surface area is 104 Å². The fourth-order valence-electron chi connectivity index (χ4n) is 1.39. The molecule has 0 aromatic rings. The van der Waals surface area contributed by atoms with Crippen LogP contribution in [0.1, 0.15) is 41.0 Å². The van der Waals surface area contributed by atoms with Gasteiger partial charge in [0, 0.05) is 18.6 Å². The summed E-state index contributed by atoms with van der Waals surface area (Å²) in [5.41, 5.74) is 4.66. The van der Waals surface area contributed by atoms with Crippen LogP contribution < -0.4 is 5.73 Å². The van der Waals surface area contributed by atoms with Crippen molar-refractivity contribution >= 4 is 6.09 Å². The van der Waals surface area contributed by atoms with Crippen LogP contribution in [0.5, 0.6) is 0 Å². The molecule has 0 aromatic carbocycles. The van der Waals surface area contributed by atoms with Gasteiger partial charge in [-0.2, -0.15) is 0 Å². The molecule has 0 aliphatic rings. The molecule has 0 radical (unpaired) electrons. The average molecular weight is 246 g/mol. The van der Waals surface area contributed by atoms with Gasteiger partial charge < -0.3 is 20.5 Å². The maximum absolute atomic E-state index is 11.8. The van der Waals surface area contributed by atoms with Crippen LogP contribution in [0.2, 0.25) is 0 Å². The average Bonchev–Trinajstić information content (AvgIpc) is 2.13. The molecule has 2 atom stereocenters. The standard InChI is InChI=1S/C12H26N2O3/c1-9(7-12(5,13)8-15)14(6)10(16)17-11(2,3)4/h9,15H,7-8,13H2,1-6H3. The number of aliphatic hydroxyl groups excluding tert-OH is 1. The molecule has 0 spiro atoms. The summed E-state index contributed by atoms with van der Waals surface area (Å²) in [6.07, 6.45) is 0.137. The third kappa shape index (κ3) is 6.48. The smallest absolute Gasteiger partial charge is 0.410 e. The zero-order valence-corrected chi connectivity index (χ0v) is 11.8. The minimum Gasteiger partial charge on any atom is -0.444 e. The molecule has 0 aliphatic heterocycles. The Balaban J connectivity index is 4.40. The summed E-state index contributed by atoms with van der Waals surface area (Å²) >= 11 is 0. The highest BCUT2D eigenvalue weighted by atomic mass is 16.6. The molecule has 0 aromatic heterocycles. The number of aliphatic hydroxyl groups is 1. The van der Waals surface area contributed by atoms with E-state index in [1.54, 1.807) is 14.0 Å². The van der Waals surface area contributed by atoms with Crippen molar-refractivity contribution in [1.82, 2.24) is 4.90 Å². The van der Waals surface area contributed by atoms with Gasteiger partial charge in [-0.15, -0.1) is 0 Å². The van der Waals surface area contributed by atoms with Crippen molar-refractivity contribution in [2.24, 2.45) is 5.73 Å². The Morgan fingerprint density at radius 2 is 1.88 bits per heavy atom. The van der Waals surface area contributed by atoms with Gasteiger partial charge in [-0.05, 0) is 41.0 Å². The maximum Gasteiger partial charge on any atom is 0.410 e. The molecule has 0 saturated carbocycles. The second-order valence-electron chi connectivity index (χ2n) is 5.96. The largest absolute Gasteiger partial charge is 0.444 e. The molecule has 0 heterocycles. The van der Waals surface area contributed by atoms with E-state index in [1.807, 2.05) is 27.7 Å². The lowest BCUT2D eigenvalue weighted by Gasteiger charge is -2.33. The first-order valence-corrected chi connectivity index (χ1v) is 5.84. The van der Waals surface area contributed by atoms with Crippen LogP contribution in [-0.4, -0.2) is 46.9 Å². The van der Waals surface area contributed by atoms with Crippen LogP contribution in [0.3, 0.4) is 0 Å². The molecule has 0 bridgehead atoms. The van der Waals surface area contributed by atoms with E-state index in [1.165, 1.54) is 4.90 Å². The van der Waals surface area contributed by atoms with Gasteiger partial charge in [-0.25, -0.2) is 4.79 Å². The van der Waals surface area contributed by atoms with E-state index in [0.29, 0.717) is 6.42 Å². The SMILES string of the molecule is CC(CC(C)(N)CO)N(C)C(=O)OC(C)(C)C. The first kappa shape index (κ1) is 16.2. The number of ether oxygens (including phenoxy) is 1. The second kappa shape index (κ2) is 5.69. The normalized spacial score (nSPS) is 17.2. The summed E-state index contributed by atoms with van der Waals surface area (Å²) in [4.78, 5) is 13.3. The Morgan fingerprint density at radius 3 is 2.24 bits per heavy atom. The summed E-state index contributed by atoms with van der Waals surface area (Å²) in [6.45, 7) is 9.00. The Morgan fingerprint density at radius 1 is 1.41 bits per heavy atom. The highest BCUT2D eigenvalue weighted by Gasteiger charge is 2.27. The van der Waals surface area contributed by atoms with E-state index in [-0.39, 0.29) is 18.7 Å². The highest BCUT2D eigenvalue weighted by Crippen LogP contribution is 2.15. The topological polar surface area (TPSA) is 75.8 Å². The zero-order chi connectivity index (χ0) is 13.9. The van der Waals surface area contributed by atoms with Gasteiger partial charge in [0.2, 0.25) is 0 Å². The van der Waals surface area contributed by atoms with E-state index in [4.69, 9.17) is 15.6 Å². The number of nitrogens with zero attached hydrogens (tertiary/aromatic N) is 1. The number of hydrogen-bond acceptors (Lipinski definition) is 4. The van der Waals surface area contributed by atoms with Crippen molar-refractivity contribution in [1.29, 1.82) is 0 Å². The zero-order valence-electron chi connectivity index (χ0n) is 11.8. The van der Waals surface area contributed by atoms with Gasteiger partial charge in [0.15, 0.2) is 0 Å². The summed E-state index contributed by atoms with van der Waals surface area (Å²) in [7, 11) is 1.67. The molecule has 5 nitrogen and oxygen atoms in total. The Hall–Kier alpha value is -0.810. The van der Waals surface area contributed by atoms with E-state index in [9.17, 15) is 4.79 Å². The number of amides is 1. The number of carbonyl (C=O) groups excluding carboxylic acids is 1. The number of carbonyl (C=O) groups is 1. The van der Waals surface area contributed by atoms with Crippen molar-refractivity contribution in [3.63, 3.8) is 0 Å². The van der Waals surface area contributed by atoms with Gasteiger partial charge in [-0.3, -0.25) is 0 Å². The molecule has 102 valence electrons.